The second-order valence-electron chi connectivity index (χ2n) is 8.46. The molecule has 2 N–H and O–H groups in total. The van der Waals surface area contributed by atoms with E-state index >= 15 is 0 Å². The highest BCUT2D eigenvalue weighted by Gasteiger charge is 2.19. The summed E-state index contributed by atoms with van der Waals surface area (Å²) in [6.07, 6.45) is 0. The lowest BCUT2D eigenvalue weighted by Gasteiger charge is -2.18. The van der Waals surface area contributed by atoms with Gasteiger partial charge >= 0.3 is 0 Å². The van der Waals surface area contributed by atoms with Crippen LogP contribution in [0.2, 0.25) is 0 Å². The molecule has 6 rings (SSSR count). The Morgan fingerprint density at radius 1 is 0.324 bits per heavy atom. The molecule has 0 spiro atoms. The quantitative estimate of drug-likeness (QED) is 0.291. The molecule has 162 valence electrons. The van der Waals surface area contributed by atoms with E-state index in [2.05, 4.69) is 12.1 Å². The van der Waals surface area contributed by atoms with Crippen LogP contribution in [0.25, 0.3) is 54.9 Å². The van der Waals surface area contributed by atoms with Gasteiger partial charge in [0.2, 0.25) is 0 Å². The molecule has 0 fully saturated rings. The number of rotatable bonds is 3. The van der Waals surface area contributed by atoms with Gasteiger partial charge in [0.05, 0.1) is 0 Å². The summed E-state index contributed by atoms with van der Waals surface area (Å²) in [5.74, 6) is 0.550. The number of hydrogen-bond acceptors (Lipinski definition) is 2. The molecule has 34 heavy (non-hydrogen) atoms. The van der Waals surface area contributed by atoms with E-state index in [1.165, 1.54) is 0 Å². The molecule has 0 unspecified atom stereocenters. The second kappa shape index (κ2) is 8.09. The minimum absolute atomic E-state index is 0.275. The summed E-state index contributed by atoms with van der Waals surface area (Å²) < 4.78 is 0. The van der Waals surface area contributed by atoms with Gasteiger partial charge in [0.15, 0.2) is 0 Å². The van der Waals surface area contributed by atoms with E-state index in [0.29, 0.717) is 0 Å². The number of phenolic OH excluding ortho intramolecular Hbond substituents is 2. The highest BCUT2D eigenvalue weighted by molar-refractivity contribution is 6.12. The maximum atomic E-state index is 11.2. The van der Waals surface area contributed by atoms with E-state index in [0.717, 1.165) is 54.9 Å². The van der Waals surface area contributed by atoms with Gasteiger partial charge in [0, 0.05) is 21.9 Å². The first-order valence-electron chi connectivity index (χ1n) is 11.3. The molecule has 2 nitrogen and oxygen atoms in total. The summed E-state index contributed by atoms with van der Waals surface area (Å²) >= 11 is 0. The lowest BCUT2D eigenvalue weighted by molar-refractivity contribution is 0.483. The van der Waals surface area contributed by atoms with Gasteiger partial charge in [-0.2, -0.15) is 0 Å². The zero-order valence-electron chi connectivity index (χ0n) is 18.4. The maximum Gasteiger partial charge on any atom is 0.131 e. The van der Waals surface area contributed by atoms with E-state index in [1.807, 2.05) is 109 Å². The van der Waals surface area contributed by atoms with E-state index in [4.69, 9.17) is 0 Å². The minimum Gasteiger partial charge on any atom is -0.507 e. The van der Waals surface area contributed by atoms with E-state index in [-0.39, 0.29) is 11.5 Å². The molecule has 6 aromatic carbocycles. The normalized spacial score (nSPS) is 11.2. The first-order chi connectivity index (χ1) is 16.7. The van der Waals surface area contributed by atoms with Gasteiger partial charge in [-0.1, -0.05) is 109 Å². The molecule has 0 aliphatic rings. The highest BCUT2D eigenvalue weighted by Crippen LogP contribution is 2.46. The Labute approximate surface area is 198 Å². The van der Waals surface area contributed by atoms with Crippen molar-refractivity contribution in [1.29, 1.82) is 0 Å². The lowest BCUT2D eigenvalue weighted by Crippen LogP contribution is -1.90. The molecule has 0 amide bonds. The molecular formula is C32H22O2. The van der Waals surface area contributed by atoms with E-state index in [1.54, 1.807) is 0 Å². The zero-order valence-corrected chi connectivity index (χ0v) is 18.4. The Balaban J connectivity index is 1.75. The standard InChI is InChI=1S/C32H22O2/c33-31-25-17-9-7-15-23(25)29(19-27(31)21-11-3-1-4-12-21)30-20-28(22-13-5-2-6-14-22)32(34)26-18-10-8-16-24(26)30/h1-20,33-34H. The molecule has 0 atom stereocenters. The number of aromatic hydroxyl groups is 2. The smallest absolute Gasteiger partial charge is 0.131 e. The van der Waals surface area contributed by atoms with Gasteiger partial charge < -0.3 is 10.2 Å². The molecule has 0 saturated carbocycles. The lowest BCUT2D eigenvalue weighted by atomic mass is 9.87. The predicted octanol–water partition coefficient (Wildman–Crippen LogP) is 8.41. The summed E-state index contributed by atoms with van der Waals surface area (Å²) in [4.78, 5) is 0. The monoisotopic (exact) mass is 438 g/mol. The van der Waals surface area contributed by atoms with E-state index in [9.17, 15) is 10.2 Å². The number of benzene rings is 6. The van der Waals surface area contributed by atoms with Crippen molar-refractivity contribution >= 4 is 21.5 Å². The van der Waals surface area contributed by atoms with Crippen molar-refractivity contribution in [1.82, 2.24) is 0 Å². The van der Waals surface area contributed by atoms with Crippen LogP contribution < -0.4 is 0 Å². The average Bonchev–Trinajstić information content (AvgIpc) is 2.91. The number of phenols is 2. The second-order valence-corrected chi connectivity index (χ2v) is 8.46. The molecule has 0 heterocycles. The average molecular weight is 439 g/mol. The maximum absolute atomic E-state index is 11.2. The van der Waals surface area contributed by atoms with E-state index < -0.39 is 0 Å². The van der Waals surface area contributed by atoms with Crippen molar-refractivity contribution in [2.45, 2.75) is 0 Å². The SMILES string of the molecule is Oc1c(-c2ccccc2)cc(-c2cc(-c3ccccc3)c(O)c3ccccc23)c2ccccc12. The van der Waals surface area contributed by atoms with Crippen LogP contribution in [-0.2, 0) is 0 Å². The Kier molecular flexibility index (Phi) is 4.78. The molecule has 2 heteroatoms. The first kappa shape index (κ1) is 20.1. The fourth-order valence-electron chi connectivity index (χ4n) is 4.84. The molecular weight excluding hydrogens is 416 g/mol. The van der Waals surface area contributed by atoms with Crippen LogP contribution in [0.5, 0.6) is 11.5 Å². The van der Waals surface area contributed by atoms with Crippen molar-refractivity contribution < 1.29 is 10.2 Å². The van der Waals surface area contributed by atoms with Crippen LogP contribution in [0.3, 0.4) is 0 Å². The van der Waals surface area contributed by atoms with Crippen LogP contribution in [0.4, 0.5) is 0 Å². The Morgan fingerprint density at radius 3 is 1.03 bits per heavy atom. The predicted molar refractivity (Wildman–Crippen MR) is 141 cm³/mol. The highest BCUT2D eigenvalue weighted by atomic mass is 16.3. The fraction of sp³-hybridized carbons (Fsp3) is 0. The summed E-state index contributed by atoms with van der Waals surface area (Å²) in [6.45, 7) is 0. The van der Waals surface area contributed by atoms with Gasteiger partial charge in [-0.25, -0.2) is 0 Å². The van der Waals surface area contributed by atoms with Crippen LogP contribution >= 0.6 is 0 Å². The number of fused-ring (bicyclic) bond motifs is 2. The summed E-state index contributed by atoms with van der Waals surface area (Å²) in [7, 11) is 0. The summed E-state index contributed by atoms with van der Waals surface area (Å²) in [6, 6.07) is 39.9. The van der Waals surface area contributed by atoms with Gasteiger partial charge in [-0.15, -0.1) is 0 Å². The Morgan fingerprint density at radius 2 is 0.647 bits per heavy atom. The number of hydrogen-bond donors (Lipinski definition) is 2. The minimum atomic E-state index is 0.275. The van der Waals surface area contributed by atoms with Gasteiger partial charge in [-0.3, -0.25) is 0 Å². The van der Waals surface area contributed by atoms with Crippen LogP contribution in [0, 0.1) is 0 Å². The largest absolute Gasteiger partial charge is 0.507 e. The van der Waals surface area contributed by atoms with Crippen LogP contribution in [0.1, 0.15) is 0 Å². The zero-order chi connectivity index (χ0) is 23.1. The van der Waals surface area contributed by atoms with Gasteiger partial charge in [0.25, 0.3) is 0 Å². The molecule has 0 aliphatic heterocycles. The third-order valence-electron chi connectivity index (χ3n) is 6.49. The van der Waals surface area contributed by atoms with Crippen molar-refractivity contribution in [2.75, 3.05) is 0 Å². The van der Waals surface area contributed by atoms with Crippen molar-refractivity contribution in [3.05, 3.63) is 121 Å². The fourth-order valence-corrected chi connectivity index (χ4v) is 4.84. The molecule has 0 aliphatic carbocycles. The summed E-state index contributed by atoms with van der Waals surface area (Å²) in [5, 5.41) is 26.0. The first-order valence-corrected chi connectivity index (χ1v) is 11.3. The van der Waals surface area contributed by atoms with Crippen LogP contribution in [0.15, 0.2) is 121 Å². The van der Waals surface area contributed by atoms with Crippen molar-refractivity contribution in [3.8, 4) is 44.9 Å². The molecule has 0 aromatic heterocycles. The topological polar surface area (TPSA) is 40.5 Å². The Bertz CT molecular complexity index is 1530. The van der Waals surface area contributed by atoms with Gasteiger partial charge in [0.1, 0.15) is 11.5 Å². The third kappa shape index (κ3) is 3.20. The molecule has 0 radical (unpaired) electrons. The van der Waals surface area contributed by atoms with Crippen molar-refractivity contribution in [2.24, 2.45) is 0 Å². The van der Waals surface area contributed by atoms with Crippen molar-refractivity contribution in [3.63, 3.8) is 0 Å². The third-order valence-corrected chi connectivity index (χ3v) is 6.49. The summed E-state index contributed by atoms with van der Waals surface area (Å²) in [5.41, 5.74) is 5.51. The van der Waals surface area contributed by atoms with Gasteiger partial charge in [-0.05, 0) is 45.2 Å². The molecule has 6 aromatic rings. The Hall–Kier alpha value is -4.56. The van der Waals surface area contributed by atoms with Crippen LogP contribution in [-0.4, -0.2) is 10.2 Å². The molecule has 0 bridgehead atoms. The molecule has 0 saturated heterocycles.